The molecule has 1 aromatic carbocycles. The number of ketones is 1. The summed E-state index contributed by atoms with van der Waals surface area (Å²) in [6, 6.07) is 9.50. The van der Waals surface area contributed by atoms with Gasteiger partial charge in [0.1, 0.15) is 0 Å². The molecule has 0 unspecified atom stereocenters. The van der Waals surface area contributed by atoms with Crippen molar-refractivity contribution in [1.29, 1.82) is 5.26 Å². The van der Waals surface area contributed by atoms with Gasteiger partial charge in [0.2, 0.25) is 5.91 Å². The summed E-state index contributed by atoms with van der Waals surface area (Å²) in [6.45, 7) is 3.01. The molecule has 1 aromatic rings. The number of hydrogen-bond donors (Lipinski definition) is 0. The third kappa shape index (κ3) is 4.03. The maximum absolute atomic E-state index is 12.0. The van der Waals surface area contributed by atoms with Crippen LogP contribution in [0, 0.1) is 18.3 Å². The monoisotopic (exact) mass is 282 g/mol. The molecular formula is C17H18N2O2. The Morgan fingerprint density at radius 2 is 1.95 bits per heavy atom. The highest BCUT2D eigenvalue weighted by Crippen LogP contribution is 2.13. The average molecular weight is 282 g/mol. The summed E-state index contributed by atoms with van der Waals surface area (Å²) in [5, 5.41) is 8.77. The van der Waals surface area contributed by atoms with E-state index in [2.05, 4.69) is 6.07 Å². The Kier molecular flexibility index (Phi) is 4.89. The van der Waals surface area contributed by atoms with Crippen LogP contribution in [0.5, 0.6) is 0 Å². The van der Waals surface area contributed by atoms with Crippen LogP contribution in [-0.2, 0) is 4.79 Å². The van der Waals surface area contributed by atoms with E-state index in [1.807, 2.05) is 19.1 Å². The van der Waals surface area contributed by atoms with Crippen molar-refractivity contribution in [3.05, 3.63) is 47.0 Å². The second-order valence-corrected chi connectivity index (χ2v) is 5.22. The van der Waals surface area contributed by atoms with Crippen LogP contribution in [0.2, 0.25) is 0 Å². The summed E-state index contributed by atoms with van der Waals surface area (Å²) in [5.74, 6) is -0.0303. The van der Waals surface area contributed by atoms with Crippen LogP contribution in [0.15, 0.2) is 35.9 Å². The lowest BCUT2D eigenvalue weighted by Gasteiger charge is -2.24. The Morgan fingerprint density at radius 3 is 2.52 bits per heavy atom. The smallest absolute Gasteiger partial charge is 0.223 e. The van der Waals surface area contributed by atoms with E-state index >= 15 is 0 Å². The van der Waals surface area contributed by atoms with E-state index in [9.17, 15) is 9.59 Å². The van der Waals surface area contributed by atoms with E-state index < -0.39 is 0 Å². The predicted octanol–water partition coefficient (Wildman–Crippen LogP) is 2.64. The summed E-state index contributed by atoms with van der Waals surface area (Å²) in [7, 11) is 0. The molecule has 0 aliphatic carbocycles. The first-order valence-electron chi connectivity index (χ1n) is 7.07. The molecule has 1 aliphatic rings. The van der Waals surface area contributed by atoms with E-state index in [0.717, 1.165) is 11.1 Å². The molecule has 0 atom stereocenters. The lowest BCUT2D eigenvalue weighted by molar-refractivity contribution is -0.130. The maximum Gasteiger partial charge on any atom is 0.223 e. The van der Waals surface area contributed by atoms with Crippen molar-refractivity contribution < 1.29 is 9.59 Å². The number of benzene rings is 1. The molecule has 1 aliphatic heterocycles. The van der Waals surface area contributed by atoms with Crippen LogP contribution in [0.4, 0.5) is 0 Å². The number of nitrogens with zero attached hydrogens (tertiary/aromatic N) is 2. The Hall–Kier alpha value is -2.41. The Morgan fingerprint density at radius 1 is 1.24 bits per heavy atom. The van der Waals surface area contributed by atoms with E-state index in [1.54, 1.807) is 23.1 Å². The SMILES string of the molecule is Cc1ccc(C(=O)CCC(=O)N2CC=C(C#N)CC2)cc1. The van der Waals surface area contributed by atoms with Crippen LogP contribution >= 0.6 is 0 Å². The highest BCUT2D eigenvalue weighted by Gasteiger charge is 2.18. The van der Waals surface area contributed by atoms with E-state index in [0.29, 0.717) is 25.1 Å². The van der Waals surface area contributed by atoms with Crippen LogP contribution in [0.25, 0.3) is 0 Å². The van der Waals surface area contributed by atoms with Gasteiger partial charge in [-0.15, -0.1) is 0 Å². The number of carbonyl (C=O) groups is 2. The van der Waals surface area contributed by atoms with Gasteiger partial charge in [0, 0.05) is 37.1 Å². The van der Waals surface area contributed by atoms with Crippen molar-refractivity contribution in [3.8, 4) is 6.07 Å². The number of Topliss-reactive ketones (excluding diaryl/α,β-unsaturated/α-hetero) is 1. The fourth-order valence-corrected chi connectivity index (χ4v) is 2.26. The standard InChI is InChI=1S/C17H18N2O2/c1-13-2-4-15(5-3-13)16(20)6-7-17(21)19-10-8-14(12-18)9-11-19/h2-5,8H,6-7,9-11H2,1H3. The first-order valence-corrected chi connectivity index (χ1v) is 7.07. The van der Waals surface area contributed by atoms with Crippen LogP contribution < -0.4 is 0 Å². The molecule has 0 saturated carbocycles. The minimum absolute atomic E-state index is 0.00591. The summed E-state index contributed by atoms with van der Waals surface area (Å²) in [5.41, 5.74) is 2.49. The van der Waals surface area contributed by atoms with Crippen molar-refractivity contribution in [1.82, 2.24) is 4.90 Å². The van der Waals surface area contributed by atoms with Gasteiger partial charge in [-0.3, -0.25) is 9.59 Å². The predicted molar refractivity (Wildman–Crippen MR) is 79.6 cm³/mol. The Bertz CT molecular complexity index is 609. The molecule has 4 nitrogen and oxygen atoms in total. The van der Waals surface area contributed by atoms with Gasteiger partial charge in [0.05, 0.1) is 6.07 Å². The minimum Gasteiger partial charge on any atom is -0.339 e. The number of amides is 1. The largest absolute Gasteiger partial charge is 0.339 e. The highest BCUT2D eigenvalue weighted by molar-refractivity contribution is 5.98. The zero-order chi connectivity index (χ0) is 15.2. The summed E-state index contributed by atoms with van der Waals surface area (Å²) in [6.07, 6.45) is 2.84. The zero-order valence-electron chi connectivity index (χ0n) is 12.1. The van der Waals surface area contributed by atoms with E-state index in [1.165, 1.54) is 0 Å². The van der Waals surface area contributed by atoms with E-state index in [-0.39, 0.29) is 24.5 Å². The fourth-order valence-electron chi connectivity index (χ4n) is 2.26. The number of carbonyl (C=O) groups excluding carboxylic acids is 2. The molecule has 108 valence electrons. The number of hydrogen-bond acceptors (Lipinski definition) is 3. The second-order valence-electron chi connectivity index (χ2n) is 5.22. The summed E-state index contributed by atoms with van der Waals surface area (Å²) < 4.78 is 0. The molecule has 1 heterocycles. The Balaban J connectivity index is 1.84. The molecular weight excluding hydrogens is 264 g/mol. The van der Waals surface area contributed by atoms with Gasteiger partial charge in [-0.05, 0) is 13.3 Å². The normalized spacial score (nSPS) is 14.3. The van der Waals surface area contributed by atoms with Crippen molar-refractivity contribution in [2.24, 2.45) is 0 Å². The lowest BCUT2D eigenvalue weighted by Crippen LogP contribution is -2.34. The van der Waals surface area contributed by atoms with Gasteiger partial charge in [-0.2, -0.15) is 5.26 Å². The van der Waals surface area contributed by atoms with Gasteiger partial charge < -0.3 is 4.90 Å². The minimum atomic E-state index is -0.0244. The van der Waals surface area contributed by atoms with Crippen LogP contribution in [-0.4, -0.2) is 29.7 Å². The van der Waals surface area contributed by atoms with Crippen molar-refractivity contribution >= 4 is 11.7 Å². The molecule has 0 spiro atoms. The van der Waals surface area contributed by atoms with Crippen LogP contribution in [0.3, 0.4) is 0 Å². The van der Waals surface area contributed by atoms with Gasteiger partial charge in [-0.1, -0.05) is 35.9 Å². The number of aryl methyl sites for hydroxylation is 1. The molecule has 0 radical (unpaired) electrons. The second kappa shape index (κ2) is 6.85. The molecule has 0 aromatic heterocycles. The molecule has 4 heteroatoms. The van der Waals surface area contributed by atoms with Gasteiger partial charge in [-0.25, -0.2) is 0 Å². The fraction of sp³-hybridized carbons (Fsp3) is 0.353. The quantitative estimate of drug-likeness (QED) is 0.798. The third-order valence-corrected chi connectivity index (χ3v) is 3.64. The first-order chi connectivity index (χ1) is 10.1. The van der Waals surface area contributed by atoms with Crippen molar-refractivity contribution in [2.75, 3.05) is 13.1 Å². The number of rotatable bonds is 4. The van der Waals surface area contributed by atoms with Crippen molar-refractivity contribution in [3.63, 3.8) is 0 Å². The maximum atomic E-state index is 12.0. The van der Waals surface area contributed by atoms with E-state index in [4.69, 9.17) is 5.26 Å². The highest BCUT2D eigenvalue weighted by atomic mass is 16.2. The van der Waals surface area contributed by atoms with Gasteiger partial charge in [0.15, 0.2) is 5.78 Å². The molecule has 0 fully saturated rings. The lowest BCUT2D eigenvalue weighted by atomic mass is 10.0. The first kappa shape index (κ1) is 15.0. The molecule has 21 heavy (non-hydrogen) atoms. The Labute approximate surface area is 124 Å². The molecule has 0 bridgehead atoms. The van der Waals surface area contributed by atoms with Crippen LogP contribution in [0.1, 0.15) is 35.2 Å². The summed E-state index contributed by atoms with van der Waals surface area (Å²) >= 11 is 0. The molecule has 1 amide bonds. The van der Waals surface area contributed by atoms with Gasteiger partial charge in [0.25, 0.3) is 0 Å². The van der Waals surface area contributed by atoms with Crippen molar-refractivity contribution in [2.45, 2.75) is 26.2 Å². The molecule has 2 rings (SSSR count). The molecule has 0 N–H and O–H groups in total. The van der Waals surface area contributed by atoms with Gasteiger partial charge >= 0.3 is 0 Å². The average Bonchev–Trinajstić information content (AvgIpc) is 2.53. The zero-order valence-corrected chi connectivity index (χ0v) is 12.1. The summed E-state index contributed by atoms with van der Waals surface area (Å²) in [4.78, 5) is 25.8. The third-order valence-electron chi connectivity index (χ3n) is 3.64. The number of nitriles is 1. The topological polar surface area (TPSA) is 61.2 Å². The molecule has 0 saturated heterocycles.